The predicted molar refractivity (Wildman–Crippen MR) is 66.9 cm³/mol. The van der Waals surface area contributed by atoms with Gasteiger partial charge >= 0.3 is 0 Å². The Bertz CT molecular complexity index is 505. The highest BCUT2D eigenvalue weighted by Crippen LogP contribution is 2.54. The highest BCUT2D eigenvalue weighted by atomic mass is 35.5. The van der Waals surface area contributed by atoms with E-state index < -0.39 is 0 Å². The lowest BCUT2D eigenvalue weighted by Crippen LogP contribution is -2.08. The van der Waals surface area contributed by atoms with Crippen LogP contribution in [-0.4, -0.2) is 12.4 Å². The Kier molecular flexibility index (Phi) is 2.27. The van der Waals surface area contributed by atoms with Crippen LogP contribution in [0.15, 0.2) is 12.1 Å². The van der Waals surface area contributed by atoms with E-state index >= 15 is 0 Å². The topological polar surface area (TPSA) is 26.3 Å². The number of carbonyl (C=O) groups excluding carboxylic acids is 1. The molecule has 1 atom stereocenters. The maximum atomic E-state index is 12.4. The van der Waals surface area contributed by atoms with Crippen LogP contribution in [-0.2, 0) is 6.42 Å². The molecule has 0 saturated heterocycles. The van der Waals surface area contributed by atoms with Gasteiger partial charge in [0.1, 0.15) is 5.75 Å². The van der Waals surface area contributed by atoms with Crippen LogP contribution in [0.4, 0.5) is 0 Å². The van der Waals surface area contributed by atoms with Gasteiger partial charge < -0.3 is 4.74 Å². The molecule has 1 unspecified atom stereocenters. The number of fused-ring (bicyclic) bond motifs is 1. The summed E-state index contributed by atoms with van der Waals surface area (Å²) >= 11 is 6.06. The van der Waals surface area contributed by atoms with Crippen molar-refractivity contribution in [3.05, 3.63) is 28.3 Å². The molecule has 0 radical (unpaired) electrons. The van der Waals surface area contributed by atoms with Crippen molar-refractivity contribution in [1.82, 2.24) is 0 Å². The summed E-state index contributed by atoms with van der Waals surface area (Å²) < 4.78 is 5.57. The minimum Gasteiger partial charge on any atom is -0.492 e. The Morgan fingerprint density at radius 3 is 2.82 bits per heavy atom. The summed E-state index contributed by atoms with van der Waals surface area (Å²) in [7, 11) is 0. The van der Waals surface area contributed by atoms with Crippen LogP contribution in [0.2, 0.25) is 5.02 Å². The molecule has 0 spiro atoms. The summed E-state index contributed by atoms with van der Waals surface area (Å²) in [4.78, 5) is 12.4. The number of carbonyl (C=O) groups is 1. The molecule has 0 bridgehead atoms. The van der Waals surface area contributed by atoms with Gasteiger partial charge in [0.2, 0.25) is 0 Å². The van der Waals surface area contributed by atoms with Crippen molar-refractivity contribution >= 4 is 17.4 Å². The molecule has 1 fully saturated rings. The molecule has 0 amide bonds. The molecule has 90 valence electrons. The standard InChI is InChI=1S/C14H15ClO2/c1-14(2)7-11(14)12(16)10-6-9(15)5-8-3-4-17-13(8)10/h5-6,11H,3-4,7H2,1-2H3. The third-order valence-electron chi connectivity index (χ3n) is 3.84. The Morgan fingerprint density at radius 2 is 2.18 bits per heavy atom. The molecule has 3 heteroatoms. The van der Waals surface area contributed by atoms with Crippen molar-refractivity contribution in [2.45, 2.75) is 26.7 Å². The van der Waals surface area contributed by atoms with Gasteiger partial charge in [-0.05, 0) is 29.5 Å². The summed E-state index contributed by atoms with van der Waals surface area (Å²) in [6.45, 7) is 4.91. The second-order valence-corrected chi connectivity index (χ2v) is 6.09. The molecule has 1 heterocycles. The number of hydrogen-bond donors (Lipinski definition) is 0. The second kappa shape index (κ2) is 3.49. The Morgan fingerprint density at radius 1 is 1.47 bits per heavy atom. The fourth-order valence-electron chi connectivity index (χ4n) is 2.55. The smallest absolute Gasteiger partial charge is 0.170 e. The molecule has 3 rings (SSSR count). The average Bonchev–Trinajstić information content (AvgIpc) is 2.71. The van der Waals surface area contributed by atoms with Gasteiger partial charge in [0, 0.05) is 17.4 Å². The third-order valence-corrected chi connectivity index (χ3v) is 4.06. The molecule has 0 N–H and O–H groups in total. The number of halogens is 1. The first-order valence-corrected chi connectivity index (χ1v) is 6.36. The molecule has 17 heavy (non-hydrogen) atoms. The molecule has 1 aliphatic carbocycles. The largest absolute Gasteiger partial charge is 0.492 e. The van der Waals surface area contributed by atoms with Gasteiger partial charge in [0.05, 0.1) is 12.2 Å². The average molecular weight is 251 g/mol. The Hall–Kier alpha value is -1.02. The predicted octanol–water partition coefficient (Wildman–Crippen LogP) is 3.50. The quantitative estimate of drug-likeness (QED) is 0.751. The Balaban J connectivity index is 2.01. The molecule has 2 nitrogen and oxygen atoms in total. The zero-order chi connectivity index (χ0) is 12.2. The molecule has 2 aliphatic rings. The summed E-state index contributed by atoms with van der Waals surface area (Å²) in [6.07, 6.45) is 1.82. The fourth-order valence-corrected chi connectivity index (χ4v) is 2.80. The van der Waals surface area contributed by atoms with Crippen LogP contribution in [0.3, 0.4) is 0 Å². The molecule has 1 aliphatic heterocycles. The van der Waals surface area contributed by atoms with Crippen molar-refractivity contribution in [3.8, 4) is 5.75 Å². The van der Waals surface area contributed by atoms with E-state index in [1.165, 1.54) is 0 Å². The van der Waals surface area contributed by atoms with Crippen molar-refractivity contribution in [2.75, 3.05) is 6.61 Å². The molecule has 1 saturated carbocycles. The van der Waals surface area contributed by atoms with Crippen molar-refractivity contribution in [2.24, 2.45) is 11.3 Å². The van der Waals surface area contributed by atoms with Crippen LogP contribution in [0.25, 0.3) is 0 Å². The fraction of sp³-hybridized carbons (Fsp3) is 0.500. The number of Topliss-reactive ketones (excluding diaryl/α,β-unsaturated/α-hetero) is 1. The first-order chi connectivity index (χ1) is 7.99. The van der Waals surface area contributed by atoms with Gasteiger partial charge in [-0.2, -0.15) is 0 Å². The summed E-state index contributed by atoms with van der Waals surface area (Å²) in [6, 6.07) is 3.65. The summed E-state index contributed by atoms with van der Waals surface area (Å²) in [5.74, 6) is 1.09. The minimum atomic E-state index is 0.134. The van der Waals surface area contributed by atoms with Gasteiger partial charge in [0.15, 0.2) is 5.78 Å². The lowest BCUT2D eigenvalue weighted by molar-refractivity contribution is 0.0950. The van der Waals surface area contributed by atoms with Crippen molar-refractivity contribution in [3.63, 3.8) is 0 Å². The van der Waals surface area contributed by atoms with Gasteiger partial charge in [-0.25, -0.2) is 0 Å². The molecule has 1 aromatic rings. The zero-order valence-electron chi connectivity index (χ0n) is 10.0. The van der Waals surface area contributed by atoms with E-state index in [2.05, 4.69) is 13.8 Å². The van der Waals surface area contributed by atoms with Crippen LogP contribution < -0.4 is 4.74 Å². The highest BCUT2D eigenvalue weighted by Gasteiger charge is 2.51. The van der Waals surface area contributed by atoms with E-state index in [1.807, 2.05) is 6.07 Å². The lowest BCUT2D eigenvalue weighted by atomic mass is 9.98. The van der Waals surface area contributed by atoms with Crippen LogP contribution in [0.5, 0.6) is 5.75 Å². The summed E-state index contributed by atoms with van der Waals surface area (Å²) in [5, 5.41) is 0.635. The van der Waals surface area contributed by atoms with Crippen LogP contribution in [0.1, 0.15) is 36.2 Å². The maximum absolute atomic E-state index is 12.4. The van der Waals surface area contributed by atoms with Gasteiger partial charge in [-0.15, -0.1) is 0 Å². The van der Waals surface area contributed by atoms with Crippen molar-refractivity contribution < 1.29 is 9.53 Å². The van der Waals surface area contributed by atoms with E-state index in [4.69, 9.17) is 16.3 Å². The third kappa shape index (κ3) is 1.75. The number of benzene rings is 1. The molecule has 1 aromatic carbocycles. The molecular weight excluding hydrogens is 236 g/mol. The van der Waals surface area contributed by atoms with Crippen molar-refractivity contribution in [1.29, 1.82) is 0 Å². The molecule has 0 aromatic heterocycles. The number of ether oxygens (including phenoxy) is 1. The van der Waals surface area contributed by atoms with E-state index in [9.17, 15) is 4.79 Å². The first kappa shape index (κ1) is 11.1. The SMILES string of the molecule is CC1(C)CC1C(=O)c1cc(Cl)cc2c1OCC2. The second-order valence-electron chi connectivity index (χ2n) is 5.65. The van der Waals surface area contributed by atoms with Crippen LogP contribution >= 0.6 is 11.6 Å². The van der Waals surface area contributed by atoms with E-state index in [0.29, 0.717) is 17.2 Å². The maximum Gasteiger partial charge on any atom is 0.170 e. The minimum absolute atomic E-state index is 0.134. The number of hydrogen-bond acceptors (Lipinski definition) is 2. The lowest BCUT2D eigenvalue weighted by Gasteiger charge is -2.09. The van der Waals surface area contributed by atoms with Gasteiger partial charge in [0.25, 0.3) is 0 Å². The normalized spacial score (nSPS) is 24.1. The van der Waals surface area contributed by atoms with Gasteiger partial charge in [-0.1, -0.05) is 25.4 Å². The Labute approximate surface area is 106 Å². The summed E-state index contributed by atoms with van der Waals surface area (Å²) in [5.41, 5.74) is 1.89. The number of rotatable bonds is 2. The first-order valence-electron chi connectivity index (χ1n) is 5.98. The molecular formula is C14H15ClO2. The van der Waals surface area contributed by atoms with E-state index in [0.717, 1.165) is 24.2 Å². The van der Waals surface area contributed by atoms with Crippen LogP contribution in [0, 0.1) is 11.3 Å². The van der Waals surface area contributed by atoms with Gasteiger partial charge in [-0.3, -0.25) is 4.79 Å². The van der Waals surface area contributed by atoms with E-state index in [1.54, 1.807) is 6.07 Å². The monoisotopic (exact) mass is 250 g/mol. The number of ketones is 1. The highest BCUT2D eigenvalue weighted by molar-refractivity contribution is 6.31. The zero-order valence-corrected chi connectivity index (χ0v) is 10.8. The van der Waals surface area contributed by atoms with E-state index in [-0.39, 0.29) is 17.1 Å².